The van der Waals surface area contributed by atoms with Crippen LogP contribution in [-0.4, -0.2) is 61.4 Å². The Hall–Kier alpha value is -2.39. The van der Waals surface area contributed by atoms with Gasteiger partial charge >= 0.3 is 0 Å². The molecule has 1 saturated heterocycles. The summed E-state index contributed by atoms with van der Waals surface area (Å²) in [5.41, 5.74) is 5.55. The number of hydrogen-bond acceptors (Lipinski definition) is 5. The Bertz CT molecular complexity index is 1100. The van der Waals surface area contributed by atoms with Gasteiger partial charge in [-0.2, -0.15) is 10.2 Å². The minimum atomic E-state index is -0.0470. The van der Waals surface area contributed by atoms with E-state index < -0.39 is 0 Å². The Labute approximate surface area is 190 Å². The first-order valence-corrected chi connectivity index (χ1v) is 11.3. The van der Waals surface area contributed by atoms with Crippen LogP contribution in [0.2, 0.25) is 0 Å². The molecule has 0 aliphatic carbocycles. The van der Waals surface area contributed by atoms with Gasteiger partial charge in [0.2, 0.25) is 0 Å². The SMILES string of the molecule is Cc1nn(Cc2ccc(C(=O)N3CCN(Cc4c(C)nn(C)c4C)CC3)o2)c(C)c1Br. The number of aryl methyl sites for hydroxylation is 3. The third-order valence-corrected chi connectivity index (χ3v) is 7.32. The molecule has 1 aliphatic rings. The van der Waals surface area contributed by atoms with E-state index in [-0.39, 0.29) is 5.91 Å². The summed E-state index contributed by atoms with van der Waals surface area (Å²) >= 11 is 3.55. The number of rotatable bonds is 5. The number of aromatic nitrogens is 4. The van der Waals surface area contributed by atoms with Gasteiger partial charge in [0.05, 0.1) is 28.1 Å². The summed E-state index contributed by atoms with van der Waals surface area (Å²) in [5, 5.41) is 9.02. The number of furan rings is 1. The molecular weight excluding hydrogens is 460 g/mol. The van der Waals surface area contributed by atoms with Gasteiger partial charge in [-0.3, -0.25) is 19.1 Å². The van der Waals surface area contributed by atoms with Crippen molar-refractivity contribution in [2.45, 2.75) is 40.8 Å². The molecule has 1 amide bonds. The fourth-order valence-corrected chi connectivity index (χ4v) is 4.37. The van der Waals surface area contributed by atoms with Crippen molar-refractivity contribution in [1.82, 2.24) is 29.4 Å². The quantitative estimate of drug-likeness (QED) is 0.551. The number of carbonyl (C=O) groups excluding carboxylic acids is 1. The molecule has 31 heavy (non-hydrogen) atoms. The lowest BCUT2D eigenvalue weighted by atomic mass is 10.1. The molecule has 0 atom stereocenters. The van der Waals surface area contributed by atoms with Gasteiger partial charge in [-0.1, -0.05) is 0 Å². The minimum Gasteiger partial charge on any atom is -0.454 e. The van der Waals surface area contributed by atoms with E-state index >= 15 is 0 Å². The molecule has 1 aliphatic heterocycles. The highest BCUT2D eigenvalue weighted by Crippen LogP contribution is 2.22. The van der Waals surface area contributed by atoms with E-state index in [1.807, 2.05) is 41.2 Å². The minimum absolute atomic E-state index is 0.0470. The molecule has 0 spiro atoms. The lowest BCUT2D eigenvalue weighted by Gasteiger charge is -2.34. The van der Waals surface area contributed by atoms with Crippen LogP contribution in [0, 0.1) is 27.7 Å². The second-order valence-corrected chi connectivity index (χ2v) is 9.04. The van der Waals surface area contributed by atoms with Crippen molar-refractivity contribution >= 4 is 21.8 Å². The standard InChI is InChI=1S/C22H29BrN6O2/c1-14-19(16(3)26(5)24-14)13-27-8-10-28(11-9-27)22(30)20-7-6-18(31-20)12-29-17(4)21(23)15(2)25-29/h6-7H,8-13H2,1-5H3. The molecule has 3 aromatic heterocycles. The van der Waals surface area contributed by atoms with Crippen molar-refractivity contribution in [3.63, 3.8) is 0 Å². The van der Waals surface area contributed by atoms with Crippen LogP contribution in [-0.2, 0) is 20.1 Å². The number of halogens is 1. The predicted molar refractivity (Wildman–Crippen MR) is 121 cm³/mol. The highest BCUT2D eigenvalue weighted by Gasteiger charge is 2.25. The van der Waals surface area contributed by atoms with E-state index in [1.165, 1.54) is 11.3 Å². The lowest BCUT2D eigenvalue weighted by Crippen LogP contribution is -2.48. The van der Waals surface area contributed by atoms with Crippen molar-refractivity contribution in [2.24, 2.45) is 7.05 Å². The zero-order valence-electron chi connectivity index (χ0n) is 18.8. The van der Waals surface area contributed by atoms with E-state index in [0.29, 0.717) is 25.4 Å². The molecule has 8 nitrogen and oxygen atoms in total. The number of piperazine rings is 1. The average Bonchev–Trinajstić information content (AvgIpc) is 3.38. The largest absolute Gasteiger partial charge is 0.454 e. The van der Waals surface area contributed by atoms with Gasteiger partial charge < -0.3 is 9.32 Å². The van der Waals surface area contributed by atoms with Gasteiger partial charge in [0.15, 0.2) is 5.76 Å². The molecule has 9 heteroatoms. The molecule has 3 aromatic rings. The molecule has 0 bridgehead atoms. The van der Waals surface area contributed by atoms with E-state index in [0.717, 1.165) is 46.9 Å². The molecule has 4 heterocycles. The van der Waals surface area contributed by atoms with E-state index in [4.69, 9.17) is 4.42 Å². The fourth-order valence-electron chi connectivity index (χ4n) is 4.09. The molecular formula is C22H29BrN6O2. The Morgan fingerprint density at radius 2 is 1.71 bits per heavy atom. The highest BCUT2D eigenvalue weighted by atomic mass is 79.9. The number of nitrogens with zero attached hydrogens (tertiary/aromatic N) is 6. The van der Waals surface area contributed by atoms with Crippen molar-refractivity contribution in [3.05, 3.63) is 56.5 Å². The Balaban J connectivity index is 1.35. The first-order chi connectivity index (χ1) is 14.7. The lowest BCUT2D eigenvalue weighted by molar-refractivity contribution is 0.0595. The second-order valence-electron chi connectivity index (χ2n) is 8.25. The molecule has 0 saturated carbocycles. The normalized spacial score (nSPS) is 15.1. The smallest absolute Gasteiger partial charge is 0.289 e. The molecule has 0 unspecified atom stereocenters. The van der Waals surface area contributed by atoms with Crippen LogP contribution in [0.15, 0.2) is 21.0 Å². The summed E-state index contributed by atoms with van der Waals surface area (Å²) in [6.07, 6.45) is 0. The van der Waals surface area contributed by atoms with Crippen LogP contribution < -0.4 is 0 Å². The molecule has 0 aromatic carbocycles. The maximum absolute atomic E-state index is 12.9. The highest BCUT2D eigenvalue weighted by molar-refractivity contribution is 9.10. The van der Waals surface area contributed by atoms with E-state index in [2.05, 4.69) is 44.9 Å². The van der Waals surface area contributed by atoms with Crippen LogP contribution in [0.1, 0.15) is 44.7 Å². The average molecular weight is 489 g/mol. The maximum atomic E-state index is 12.9. The summed E-state index contributed by atoms with van der Waals surface area (Å²) in [7, 11) is 1.98. The third-order valence-electron chi connectivity index (χ3n) is 6.17. The summed E-state index contributed by atoms with van der Waals surface area (Å²) in [4.78, 5) is 17.2. The van der Waals surface area contributed by atoms with Gasteiger partial charge in [0, 0.05) is 51.0 Å². The van der Waals surface area contributed by atoms with Crippen LogP contribution in [0.5, 0.6) is 0 Å². The van der Waals surface area contributed by atoms with Crippen LogP contribution in [0.4, 0.5) is 0 Å². The zero-order chi connectivity index (χ0) is 22.3. The van der Waals surface area contributed by atoms with Gasteiger partial charge in [0.25, 0.3) is 5.91 Å². The van der Waals surface area contributed by atoms with Gasteiger partial charge in [-0.25, -0.2) is 0 Å². The van der Waals surface area contributed by atoms with Gasteiger partial charge in [-0.15, -0.1) is 0 Å². The number of hydrogen-bond donors (Lipinski definition) is 0. The first-order valence-electron chi connectivity index (χ1n) is 10.5. The maximum Gasteiger partial charge on any atom is 0.289 e. The van der Waals surface area contributed by atoms with Crippen molar-refractivity contribution < 1.29 is 9.21 Å². The van der Waals surface area contributed by atoms with Gasteiger partial charge in [-0.05, 0) is 55.8 Å². The fraction of sp³-hybridized carbons (Fsp3) is 0.500. The zero-order valence-corrected chi connectivity index (χ0v) is 20.4. The van der Waals surface area contributed by atoms with E-state index in [9.17, 15) is 4.79 Å². The van der Waals surface area contributed by atoms with Gasteiger partial charge in [0.1, 0.15) is 5.76 Å². The van der Waals surface area contributed by atoms with Crippen molar-refractivity contribution in [2.75, 3.05) is 26.2 Å². The van der Waals surface area contributed by atoms with Crippen molar-refractivity contribution in [1.29, 1.82) is 0 Å². The van der Waals surface area contributed by atoms with Crippen LogP contribution in [0.25, 0.3) is 0 Å². The topological polar surface area (TPSA) is 72.3 Å². The third kappa shape index (κ3) is 4.34. The van der Waals surface area contributed by atoms with E-state index in [1.54, 1.807) is 6.07 Å². The molecule has 4 rings (SSSR count). The molecule has 0 radical (unpaired) electrons. The summed E-state index contributed by atoms with van der Waals surface area (Å²) in [6.45, 7) is 12.6. The summed E-state index contributed by atoms with van der Waals surface area (Å²) < 4.78 is 10.7. The molecule has 0 N–H and O–H groups in total. The second kappa shape index (κ2) is 8.63. The Kier molecular flexibility index (Phi) is 6.07. The number of amides is 1. The molecule has 166 valence electrons. The Morgan fingerprint density at radius 1 is 1.00 bits per heavy atom. The Morgan fingerprint density at radius 3 is 2.29 bits per heavy atom. The van der Waals surface area contributed by atoms with Crippen molar-refractivity contribution in [3.8, 4) is 0 Å². The van der Waals surface area contributed by atoms with Crippen LogP contribution in [0.3, 0.4) is 0 Å². The predicted octanol–water partition coefficient (Wildman–Crippen LogP) is 3.21. The molecule has 1 fully saturated rings. The van der Waals surface area contributed by atoms with Crippen LogP contribution >= 0.6 is 15.9 Å². The monoisotopic (exact) mass is 488 g/mol. The summed E-state index contributed by atoms with van der Waals surface area (Å²) in [6, 6.07) is 3.63. The first kappa shape index (κ1) is 21.8. The number of carbonyl (C=O) groups is 1. The summed E-state index contributed by atoms with van der Waals surface area (Å²) in [5.74, 6) is 1.07.